The quantitative estimate of drug-likeness (QED) is 0.871. The van der Waals surface area contributed by atoms with Gasteiger partial charge in [-0.3, -0.25) is 4.79 Å². The van der Waals surface area contributed by atoms with Gasteiger partial charge in [0.1, 0.15) is 0 Å². The van der Waals surface area contributed by atoms with E-state index in [1.807, 2.05) is 6.07 Å². The maximum Gasteiger partial charge on any atom is 0.241 e. The van der Waals surface area contributed by atoms with Gasteiger partial charge in [0.15, 0.2) is 0 Å². The van der Waals surface area contributed by atoms with Crippen LogP contribution in [0.4, 0.5) is 5.69 Å². The van der Waals surface area contributed by atoms with Gasteiger partial charge >= 0.3 is 0 Å². The molecule has 0 aromatic heterocycles. The summed E-state index contributed by atoms with van der Waals surface area (Å²) < 4.78 is 0. The second-order valence-corrected chi connectivity index (χ2v) is 3.86. The minimum atomic E-state index is -0.0413. The first-order valence-electron chi connectivity index (χ1n) is 4.68. The van der Waals surface area contributed by atoms with Gasteiger partial charge in [-0.15, -0.1) is 0 Å². The number of amides is 1. The van der Waals surface area contributed by atoms with Gasteiger partial charge in [0.25, 0.3) is 0 Å². The second kappa shape index (κ2) is 5.38. The molecule has 0 bridgehead atoms. The molecule has 16 heavy (non-hydrogen) atoms. The maximum absolute atomic E-state index is 11.3. The van der Waals surface area contributed by atoms with Crippen LogP contribution in [-0.2, 0) is 4.79 Å². The Labute approximate surface area is 99.4 Å². The number of nitrogens with zero attached hydrogens (tertiary/aromatic N) is 2. The fraction of sp³-hybridized carbons (Fsp3) is 0.273. The number of rotatable bonds is 3. The highest BCUT2D eigenvalue weighted by Gasteiger charge is 2.05. The predicted octanol–water partition coefficient (Wildman–Crippen LogP) is 1.71. The largest absolute Gasteiger partial charge is 0.375 e. The van der Waals surface area contributed by atoms with Crippen LogP contribution in [0.3, 0.4) is 0 Å². The zero-order chi connectivity index (χ0) is 12.1. The van der Waals surface area contributed by atoms with Crippen LogP contribution in [0.15, 0.2) is 18.2 Å². The van der Waals surface area contributed by atoms with Gasteiger partial charge in [0.2, 0.25) is 5.91 Å². The van der Waals surface area contributed by atoms with Gasteiger partial charge in [0, 0.05) is 14.1 Å². The van der Waals surface area contributed by atoms with Crippen molar-refractivity contribution < 1.29 is 4.79 Å². The number of nitrogens with one attached hydrogen (secondary N) is 1. The molecule has 0 unspecified atom stereocenters. The minimum absolute atomic E-state index is 0.0413. The van der Waals surface area contributed by atoms with Crippen molar-refractivity contribution in [2.45, 2.75) is 0 Å². The van der Waals surface area contributed by atoms with E-state index in [0.29, 0.717) is 16.3 Å². The van der Waals surface area contributed by atoms with Crippen LogP contribution in [-0.4, -0.2) is 31.4 Å². The normalized spacial score (nSPS) is 9.38. The van der Waals surface area contributed by atoms with Gasteiger partial charge in [-0.25, -0.2) is 0 Å². The summed E-state index contributed by atoms with van der Waals surface area (Å²) in [6.07, 6.45) is 0. The fourth-order valence-corrected chi connectivity index (χ4v) is 1.30. The lowest BCUT2D eigenvalue weighted by atomic mass is 10.2. The molecule has 0 aliphatic carbocycles. The smallest absolute Gasteiger partial charge is 0.241 e. The highest BCUT2D eigenvalue weighted by molar-refractivity contribution is 6.33. The number of carbonyl (C=O) groups is 1. The Kier molecular flexibility index (Phi) is 4.15. The van der Waals surface area contributed by atoms with Gasteiger partial charge in [-0.1, -0.05) is 11.6 Å². The van der Waals surface area contributed by atoms with Crippen LogP contribution in [0.5, 0.6) is 0 Å². The molecular formula is C11H12ClN3O. The van der Waals surface area contributed by atoms with E-state index >= 15 is 0 Å². The Morgan fingerprint density at radius 2 is 2.25 bits per heavy atom. The third-order valence-corrected chi connectivity index (χ3v) is 2.34. The number of likely N-dealkylation sites (N-methyl/N-ethyl adjacent to an activating group) is 1. The molecule has 5 heteroatoms. The molecule has 84 valence electrons. The van der Waals surface area contributed by atoms with Crippen LogP contribution >= 0.6 is 11.6 Å². The fourth-order valence-electron chi connectivity index (χ4n) is 1.06. The standard InChI is InChI=1S/C11H12ClN3O/c1-15(2)11(16)7-14-10-4-3-8(6-13)5-9(10)12/h3-5,14H,7H2,1-2H3. The van der Waals surface area contributed by atoms with E-state index in [9.17, 15) is 4.79 Å². The van der Waals surface area contributed by atoms with Crippen LogP contribution in [0.25, 0.3) is 0 Å². The van der Waals surface area contributed by atoms with Crippen molar-refractivity contribution in [1.29, 1.82) is 5.26 Å². The lowest BCUT2D eigenvalue weighted by Gasteiger charge is -2.12. The van der Waals surface area contributed by atoms with Crippen LogP contribution in [0.1, 0.15) is 5.56 Å². The Bertz CT molecular complexity index is 437. The van der Waals surface area contributed by atoms with Crippen molar-refractivity contribution in [3.05, 3.63) is 28.8 Å². The zero-order valence-corrected chi connectivity index (χ0v) is 9.88. The highest BCUT2D eigenvalue weighted by Crippen LogP contribution is 2.22. The van der Waals surface area contributed by atoms with Gasteiger partial charge in [-0.2, -0.15) is 5.26 Å². The lowest BCUT2D eigenvalue weighted by molar-refractivity contribution is -0.126. The van der Waals surface area contributed by atoms with Crippen molar-refractivity contribution in [2.24, 2.45) is 0 Å². The topological polar surface area (TPSA) is 56.1 Å². The lowest BCUT2D eigenvalue weighted by Crippen LogP contribution is -2.28. The summed E-state index contributed by atoms with van der Waals surface area (Å²) >= 11 is 5.93. The molecule has 0 spiro atoms. The number of benzene rings is 1. The van der Waals surface area contributed by atoms with Crippen molar-refractivity contribution in [3.63, 3.8) is 0 Å². The molecule has 4 nitrogen and oxygen atoms in total. The van der Waals surface area contributed by atoms with E-state index in [-0.39, 0.29) is 12.5 Å². The minimum Gasteiger partial charge on any atom is -0.375 e. The molecule has 0 fully saturated rings. The van der Waals surface area contributed by atoms with E-state index in [1.165, 1.54) is 4.90 Å². The van der Waals surface area contributed by atoms with Crippen molar-refractivity contribution in [1.82, 2.24) is 4.90 Å². The zero-order valence-electron chi connectivity index (χ0n) is 9.12. The Balaban J connectivity index is 2.69. The average Bonchev–Trinajstić information content (AvgIpc) is 2.26. The van der Waals surface area contributed by atoms with Gasteiger partial charge in [-0.05, 0) is 18.2 Å². The summed E-state index contributed by atoms with van der Waals surface area (Å²) in [5.41, 5.74) is 1.14. The number of carbonyl (C=O) groups excluding carboxylic acids is 1. The molecule has 1 rings (SSSR count). The van der Waals surface area contributed by atoms with E-state index in [4.69, 9.17) is 16.9 Å². The van der Waals surface area contributed by atoms with Crippen LogP contribution in [0.2, 0.25) is 5.02 Å². The molecule has 1 aromatic carbocycles. The maximum atomic E-state index is 11.3. The number of nitriles is 1. The molecule has 0 atom stereocenters. The summed E-state index contributed by atoms with van der Waals surface area (Å²) in [6, 6.07) is 6.88. The van der Waals surface area contributed by atoms with Crippen molar-refractivity contribution in [2.75, 3.05) is 26.0 Å². The summed E-state index contributed by atoms with van der Waals surface area (Å²) in [6.45, 7) is 0.179. The van der Waals surface area contributed by atoms with E-state index < -0.39 is 0 Å². The van der Waals surface area contributed by atoms with E-state index in [0.717, 1.165) is 0 Å². The average molecular weight is 238 g/mol. The van der Waals surface area contributed by atoms with Crippen molar-refractivity contribution >= 4 is 23.2 Å². The van der Waals surface area contributed by atoms with E-state index in [1.54, 1.807) is 32.3 Å². The number of hydrogen-bond acceptors (Lipinski definition) is 3. The third-order valence-electron chi connectivity index (χ3n) is 2.03. The van der Waals surface area contributed by atoms with E-state index in [2.05, 4.69) is 5.32 Å². The Morgan fingerprint density at radius 3 is 2.75 bits per heavy atom. The molecule has 0 aliphatic heterocycles. The molecule has 0 aliphatic rings. The molecule has 1 amide bonds. The molecule has 0 heterocycles. The first kappa shape index (κ1) is 12.3. The first-order valence-corrected chi connectivity index (χ1v) is 5.06. The SMILES string of the molecule is CN(C)C(=O)CNc1ccc(C#N)cc1Cl. The predicted molar refractivity (Wildman–Crippen MR) is 63.4 cm³/mol. The van der Waals surface area contributed by atoms with Gasteiger partial charge < -0.3 is 10.2 Å². The summed E-state index contributed by atoms with van der Waals surface area (Å²) in [4.78, 5) is 12.8. The number of anilines is 1. The number of halogens is 1. The van der Waals surface area contributed by atoms with Gasteiger partial charge in [0.05, 0.1) is 28.9 Å². The Hall–Kier alpha value is -1.73. The summed E-state index contributed by atoms with van der Waals surface area (Å²) in [7, 11) is 3.37. The molecule has 1 N–H and O–H groups in total. The molecular weight excluding hydrogens is 226 g/mol. The summed E-state index contributed by atoms with van der Waals surface area (Å²) in [5.74, 6) is -0.0413. The second-order valence-electron chi connectivity index (χ2n) is 3.45. The third kappa shape index (κ3) is 3.14. The number of hydrogen-bond donors (Lipinski definition) is 1. The van der Waals surface area contributed by atoms with Crippen LogP contribution in [0, 0.1) is 11.3 Å². The van der Waals surface area contributed by atoms with Crippen LogP contribution < -0.4 is 5.32 Å². The molecule has 0 saturated heterocycles. The van der Waals surface area contributed by atoms with Crippen molar-refractivity contribution in [3.8, 4) is 6.07 Å². The summed E-state index contributed by atoms with van der Waals surface area (Å²) in [5, 5.41) is 12.0. The monoisotopic (exact) mass is 237 g/mol. The highest BCUT2D eigenvalue weighted by atomic mass is 35.5. The molecule has 1 aromatic rings. The molecule has 0 saturated carbocycles. The molecule has 0 radical (unpaired) electrons. The Morgan fingerprint density at radius 1 is 1.56 bits per heavy atom. The first-order chi connectivity index (χ1) is 7.54.